The van der Waals surface area contributed by atoms with E-state index in [0.29, 0.717) is 6.54 Å². The first-order valence-electron chi connectivity index (χ1n) is 8.72. The average Bonchev–Trinajstić information content (AvgIpc) is 2.58. The first kappa shape index (κ1) is 16.4. The lowest BCUT2D eigenvalue weighted by Crippen LogP contribution is -2.54. The Morgan fingerprint density at radius 2 is 2.04 bits per heavy atom. The SMILES string of the molecule is O=C(NC1CCCNC1)C1CCCCN1Cc1ccc(F)cc1. The third kappa shape index (κ3) is 4.52. The molecule has 1 amide bonds. The second-order valence-electron chi connectivity index (χ2n) is 6.66. The molecule has 1 aromatic carbocycles. The van der Waals surface area contributed by atoms with E-state index in [9.17, 15) is 9.18 Å². The summed E-state index contributed by atoms with van der Waals surface area (Å²) < 4.78 is 13.0. The summed E-state index contributed by atoms with van der Waals surface area (Å²) in [6.07, 6.45) is 5.31. The normalized spacial score (nSPS) is 26.0. The highest BCUT2D eigenvalue weighted by Crippen LogP contribution is 2.20. The van der Waals surface area contributed by atoms with Gasteiger partial charge in [0.15, 0.2) is 0 Å². The van der Waals surface area contributed by atoms with Crippen LogP contribution in [0.2, 0.25) is 0 Å². The predicted octanol–water partition coefficient (Wildman–Crippen LogP) is 2.05. The molecule has 0 spiro atoms. The fourth-order valence-corrected chi connectivity index (χ4v) is 3.57. The predicted molar refractivity (Wildman–Crippen MR) is 88.5 cm³/mol. The van der Waals surface area contributed by atoms with Crippen LogP contribution < -0.4 is 10.6 Å². The third-order valence-electron chi connectivity index (χ3n) is 4.86. The van der Waals surface area contributed by atoms with Crippen molar-refractivity contribution in [3.05, 3.63) is 35.6 Å². The van der Waals surface area contributed by atoms with E-state index in [4.69, 9.17) is 0 Å². The first-order valence-corrected chi connectivity index (χ1v) is 8.72. The molecule has 2 aliphatic heterocycles. The molecule has 1 aromatic rings. The number of hydrogen-bond donors (Lipinski definition) is 2. The lowest BCUT2D eigenvalue weighted by Gasteiger charge is -2.36. The van der Waals surface area contributed by atoms with Gasteiger partial charge in [-0.05, 0) is 56.5 Å². The van der Waals surface area contributed by atoms with Gasteiger partial charge in [0.05, 0.1) is 6.04 Å². The molecule has 0 bridgehead atoms. The number of nitrogens with one attached hydrogen (secondary N) is 2. The van der Waals surface area contributed by atoms with Crippen LogP contribution in [0.15, 0.2) is 24.3 Å². The molecule has 2 fully saturated rings. The van der Waals surface area contributed by atoms with Gasteiger partial charge in [-0.1, -0.05) is 18.6 Å². The van der Waals surface area contributed by atoms with E-state index < -0.39 is 0 Å². The highest BCUT2D eigenvalue weighted by atomic mass is 19.1. The van der Waals surface area contributed by atoms with E-state index in [1.54, 1.807) is 0 Å². The van der Waals surface area contributed by atoms with Gasteiger partial charge < -0.3 is 10.6 Å². The summed E-state index contributed by atoms with van der Waals surface area (Å²) in [7, 11) is 0. The summed E-state index contributed by atoms with van der Waals surface area (Å²) in [5.74, 6) is -0.0630. The quantitative estimate of drug-likeness (QED) is 0.893. The van der Waals surface area contributed by atoms with Crippen molar-refractivity contribution < 1.29 is 9.18 Å². The van der Waals surface area contributed by atoms with Gasteiger partial charge in [-0.3, -0.25) is 9.69 Å². The maximum absolute atomic E-state index is 13.0. The maximum atomic E-state index is 13.0. The molecule has 0 saturated carbocycles. The molecule has 4 nitrogen and oxygen atoms in total. The van der Waals surface area contributed by atoms with Crippen LogP contribution in [0.4, 0.5) is 4.39 Å². The summed E-state index contributed by atoms with van der Waals surface area (Å²) >= 11 is 0. The Morgan fingerprint density at radius 1 is 1.22 bits per heavy atom. The number of carbonyl (C=O) groups excluding carboxylic acids is 1. The van der Waals surface area contributed by atoms with E-state index >= 15 is 0 Å². The molecular formula is C18H26FN3O. The fraction of sp³-hybridized carbons (Fsp3) is 0.611. The number of likely N-dealkylation sites (tertiary alicyclic amines) is 1. The van der Waals surface area contributed by atoms with Crippen molar-refractivity contribution in [2.24, 2.45) is 0 Å². The molecule has 2 atom stereocenters. The van der Waals surface area contributed by atoms with Gasteiger partial charge in [-0.2, -0.15) is 0 Å². The monoisotopic (exact) mass is 319 g/mol. The highest BCUT2D eigenvalue weighted by molar-refractivity contribution is 5.82. The zero-order valence-electron chi connectivity index (χ0n) is 13.6. The van der Waals surface area contributed by atoms with E-state index in [2.05, 4.69) is 15.5 Å². The maximum Gasteiger partial charge on any atom is 0.237 e. The minimum absolute atomic E-state index is 0.0595. The van der Waals surface area contributed by atoms with Gasteiger partial charge in [0.2, 0.25) is 5.91 Å². The Hall–Kier alpha value is -1.46. The van der Waals surface area contributed by atoms with Crippen LogP contribution in [0.25, 0.3) is 0 Å². The van der Waals surface area contributed by atoms with Crippen LogP contribution in [0.3, 0.4) is 0 Å². The van der Waals surface area contributed by atoms with E-state index in [0.717, 1.165) is 57.3 Å². The molecule has 0 aliphatic carbocycles. The minimum atomic E-state index is -0.216. The smallest absolute Gasteiger partial charge is 0.237 e. The number of rotatable bonds is 4. The molecule has 23 heavy (non-hydrogen) atoms. The van der Waals surface area contributed by atoms with Gasteiger partial charge in [-0.25, -0.2) is 4.39 Å². The lowest BCUT2D eigenvalue weighted by atomic mass is 9.99. The average molecular weight is 319 g/mol. The van der Waals surface area contributed by atoms with E-state index in [1.807, 2.05) is 12.1 Å². The summed E-state index contributed by atoms with van der Waals surface area (Å²) in [6.45, 7) is 3.56. The number of piperidine rings is 2. The molecule has 2 aliphatic rings. The summed E-state index contributed by atoms with van der Waals surface area (Å²) in [4.78, 5) is 14.9. The Morgan fingerprint density at radius 3 is 2.78 bits per heavy atom. The molecule has 126 valence electrons. The van der Waals surface area contributed by atoms with Crippen LogP contribution in [0.5, 0.6) is 0 Å². The Labute approximate surface area is 137 Å². The van der Waals surface area contributed by atoms with Crippen LogP contribution >= 0.6 is 0 Å². The van der Waals surface area contributed by atoms with Crippen molar-refractivity contribution in [3.8, 4) is 0 Å². The van der Waals surface area contributed by atoms with Gasteiger partial charge in [0.1, 0.15) is 5.82 Å². The largest absolute Gasteiger partial charge is 0.351 e. The molecular weight excluding hydrogens is 293 g/mol. The number of amides is 1. The molecule has 0 radical (unpaired) electrons. The highest BCUT2D eigenvalue weighted by Gasteiger charge is 2.30. The van der Waals surface area contributed by atoms with Crippen LogP contribution in [-0.4, -0.2) is 42.5 Å². The molecule has 2 unspecified atom stereocenters. The number of carbonyl (C=O) groups is 1. The van der Waals surface area contributed by atoms with Crippen molar-refractivity contribution in [1.29, 1.82) is 0 Å². The van der Waals surface area contributed by atoms with Gasteiger partial charge >= 0.3 is 0 Å². The minimum Gasteiger partial charge on any atom is -0.351 e. The molecule has 2 saturated heterocycles. The van der Waals surface area contributed by atoms with Gasteiger partial charge in [0, 0.05) is 19.1 Å². The molecule has 2 heterocycles. The van der Waals surface area contributed by atoms with Crippen molar-refractivity contribution in [2.45, 2.75) is 50.7 Å². The summed E-state index contributed by atoms with van der Waals surface area (Å²) in [6, 6.07) is 6.79. The molecule has 0 aromatic heterocycles. The number of hydrogen-bond acceptors (Lipinski definition) is 3. The fourth-order valence-electron chi connectivity index (χ4n) is 3.57. The van der Waals surface area contributed by atoms with Crippen LogP contribution in [-0.2, 0) is 11.3 Å². The van der Waals surface area contributed by atoms with Crippen LogP contribution in [0.1, 0.15) is 37.7 Å². The number of benzene rings is 1. The summed E-state index contributed by atoms with van der Waals surface area (Å²) in [5, 5.41) is 6.55. The first-order chi connectivity index (χ1) is 11.2. The molecule has 3 rings (SSSR count). The third-order valence-corrected chi connectivity index (χ3v) is 4.86. The van der Waals surface area contributed by atoms with Crippen molar-refractivity contribution in [1.82, 2.24) is 15.5 Å². The van der Waals surface area contributed by atoms with Crippen molar-refractivity contribution >= 4 is 5.91 Å². The zero-order valence-corrected chi connectivity index (χ0v) is 13.6. The van der Waals surface area contributed by atoms with Crippen molar-refractivity contribution in [3.63, 3.8) is 0 Å². The Balaban J connectivity index is 1.60. The van der Waals surface area contributed by atoms with Crippen molar-refractivity contribution in [2.75, 3.05) is 19.6 Å². The number of halogens is 1. The van der Waals surface area contributed by atoms with Gasteiger partial charge in [0.25, 0.3) is 0 Å². The van der Waals surface area contributed by atoms with E-state index in [1.165, 1.54) is 12.1 Å². The molecule has 2 N–H and O–H groups in total. The topological polar surface area (TPSA) is 44.4 Å². The Bertz CT molecular complexity index is 514. The zero-order chi connectivity index (χ0) is 16.1. The lowest BCUT2D eigenvalue weighted by molar-refractivity contribution is -0.128. The number of nitrogens with zero attached hydrogens (tertiary/aromatic N) is 1. The van der Waals surface area contributed by atoms with Crippen LogP contribution in [0, 0.1) is 5.82 Å². The summed E-state index contributed by atoms with van der Waals surface area (Å²) in [5.41, 5.74) is 1.06. The molecule has 5 heteroatoms. The van der Waals surface area contributed by atoms with E-state index in [-0.39, 0.29) is 23.8 Å². The Kier molecular flexibility index (Phi) is 5.62. The standard InChI is InChI=1S/C18H26FN3O/c19-15-8-6-14(7-9-15)13-22-11-2-1-5-17(22)18(23)21-16-4-3-10-20-12-16/h6-9,16-17,20H,1-5,10-13H2,(H,21,23). The second kappa shape index (κ2) is 7.88. The second-order valence-corrected chi connectivity index (χ2v) is 6.66. The van der Waals surface area contributed by atoms with Gasteiger partial charge in [-0.15, -0.1) is 0 Å².